The smallest absolute Gasteiger partial charge is 0.262 e. The third-order valence-corrected chi connectivity index (χ3v) is 3.66. The van der Waals surface area contributed by atoms with Gasteiger partial charge < -0.3 is 4.98 Å². The Balaban J connectivity index is 1.90. The van der Waals surface area contributed by atoms with Crippen LogP contribution in [-0.4, -0.2) is 14.5 Å². The van der Waals surface area contributed by atoms with Crippen LogP contribution in [0.1, 0.15) is 4.88 Å². The molecule has 4 nitrogen and oxygen atoms in total. The van der Waals surface area contributed by atoms with Gasteiger partial charge in [-0.25, -0.2) is 4.98 Å². The highest BCUT2D eigenvalue weighted by molar-refractivity contribution is 7.09. The fourth-order valence-corrected chi connectivity index (χ4v) is 2.52. The molecule has 0 aromatic carbocycles. The summed E-state index contributed by atoms with van der Waals surface area (Å²) in [7, 11) is 0. The van der Waals surface area contributed by atoms with E-state index < -0.39 is 0 Å². The van der Waals surface area contributed by atoms with Crippen molar-refractivity contribution < 1.29 is 0 Å². The molecule has 0 aliphatic rings. The molecule has 3 aromatic rings. The summed E-state index contributed by atoms with van der Waals surface area (Å²) in [6.07, 6.45) is 4.21. The second kappa shape index (κ2) is 4.18. The lowest BCUT2D eigenvalue weighted by Crippen LogP contribution is -2.20. The second-order valence-corrected chi connectivity index (χ2v) is 4.84. The number of hydrogen-bond donors (Lipinski definition) is 1. The molecule has 1 N–H and O–H groups in total. The SMILES string of the molecule is O=c1c2cc[nH]c2ncn1CCc1cccs1. The molecule has 0 saturated heterocycles. The van der Waals surface area contributed by atoms with Crippen LogP contribution in [0.3, 0.4) is 0 Å². The number of aryl methyl sites for hydroxylation is 2. The number of hydrogen-bond acceptors (Lipinski definition) is 3. The molecule has 0 aliphatic heterocycles. The van der Waals surface area contributed by atoms with Gasteiger partial charge in [0.1, 0.15) is 5.65 Å². The molecule has 17 heavy (non-hydrogen) atoms. The molecule has 3 aromatic heterocycles. The predicted octanol–water partition coefficient (Wildman–Crippen LogP) is 2.03. The zero-order chi connectivity index (χ0) is 11.7. The second-order valence-electron chi connectivity index (χ2n) is 3.81. The van der Waals surface area contributed by atoms with E-state index in [0.29, 0.717) is 17.6 Å². The molecule has 5 heteroatoms. The summed E-state index contributed by atoms with van der Waals surface area (Å²) in [6, 6.07) is 5.88. The van der Waals surface area contributed by atoms with Crippen molar-refractivity contribution in [2.75, 3.05) is 0 Å². The Morgan fingerprint density at radius 2 is 2.35 bits per heavy atom. The van der Waals surface area contributed by atoms with E-state index in [1.54, 1.807) is 34.5 Å². The molecule has 0 unspecified atom stereocenters. The van der Waals surface area contributed by atoms with Crippen molar-refractivity contribution >= 4 is 22.4 Å². The first-order chi connectivity index (χ1) is 8.34. The predicted molar refractivity (Wildman–Crippen MR) is 68.4 cm³/mol. The summed E-state index contributed by atoms with van der Waals surface area (Å²) in [4.78, 5) is 20.5. The Morgan fingerprint density at radius 3 is 3.18 bits per heavy atom. The zero-order valence-corrected chi connectivity index (χ0v) is 9.91. The van der Waals surface area contributed by atoms with Crippen LogP contribution in [-0.2, 0) is 13.0 Å². The summed E-state index contributed by atoms with van der Waals surface area (Å²) in [5.41, 5.74) is 0.676. The lowest BCUT2D eigenvalue weighted by molar-refractivity contribution is 0.667. The minimum absolute atomic E-state index is 0.0211. The normalized spacial score (nSPS) is 11.1. The van der Waals surface area contributed by atoms with E-state index in [2.05, 4.69) is 16.0 Å². The average Bonchev–Trinajstić information content (AvgIpc) is 2.99. The van der Waals surface area contributed by atoms with Crippen LogP contribution in [0.2, 0.25) is 0 Å². The first kappa shape index (κ1) is 10.3. The maximum Gasteiger partial charge on any atom is 0.262 e. The molecule has 0 aliphatic carbocycles. The number of rotatable bonds is 3. The number of nitrogens with one attached hydrogen (secondary N) is 1. The summed E-state index contributed by atoms with van der Waals surface area (Å²) in [6.45, 7) is 0.674. The quantitative estimate of drug-likeness (QED) is 0.767. The minimum atomic E-state index is 0.0211. The van der Waals surface area contributed by atoms with E-state index in [0.717, 1.165) is 6.42 Å². The molecule has 3 heterocycles. The van der Waals surface area contributed by atoms with E-state index in [1.165, 1.54) is 4.88 Å². The number of fused-ring (bicyclic) bond motifs is 1. The standard InChI is InChI=1S/C12H11N3OS/c16-12-10-3-5-13-11(10)14-8-15(12)6-4-9-2-1-7-17-9/h1-3,5,7-8,13H,4,6H2. The summed E-state index contributed by atoms with van der Waals surface area (Å²) >= 11 is 1.71. The van der Waals surface area contributed by atoms with Gasteiger partial charge in [-0.2, -0.15) is 0 Å². The maximum atomic E-state index is 12.1. The van der Waals surface area contributed by atoms with Gasteiger partial charge >= 0.3 is 0 Å². The molecule has 0 amide bonds. The molecule has 0 spiro atoms. The Labute approximate surface area is 102 Å². The fourth-order valence-electron chi connectivity index (χ4n) is 1.82. The van der Waals surface area contributed by atoms with Crippen LogP contribution in [0.15, 0.2) is 40.9 Å². The number of nitrogens with zero attached hydrogens (tertiary/aromatic N) is 2. The van der Waals surface area contributed by atoms with E-state index in [1.807, 2.05) is 11.4 Å². The van der Waals surface area contributed by atoms with Crippen LogP contribution < -0.4 is 5.56 Å². The number of aromatic amines is 1. The van der Waals surface area contributed by atoms with Gasteiger partial charge in [-0.1, -0.05) is 6.07 Å². The van der Waals surface area contributed by atoms with Crippen LogP contribution in [0.5, 0.6) is 0 Å². The van der Waals surface area contributed by atoms with Crippen LogP contribution in [0.4, 0.5) is 0 Å². The molecular weight excluding hydrogens is 234 g/mol. The Kier molecular flexibility index (Phi) is 2.53. The van der Waals surface area contributed by atoms with Gasteiger partial charge in [-0.3, -0.25) is 9.36 Å². The third-order valence-electron chi connectivity index (χ3n) is 2.72. The number of thiophene rings is 1. The zero-order valence-electron chi connectivity index (χ0n) is 9.09. The molecule has 0 radical (unpaired) electrons. The average molecular weight is 245 g/mol. The van der Waals surface area contributed by atoms with Crippen LogP contribution in [0.25, 0.3) is 11.0 Å². The van der Waals surface area contributed by atoms with Crippen molar-refractivity contribution in [2.45, 2.75) is 13.0 Å². The molecule has 0 atom stereocenters. The third kappa shape index (κ3) is 1.89. The highest BCUT2D eigenvalue weighted by Gasteiger charge is 2.04. The molecule has 3 rings (SSSR count). The van der Waals surface area contributed by atoms with Gasteiger partial charge in [0.25, 0.3) is 5.56 Å². The Morgan fingerprint density at radius 1 is 1.41 bits per heavy atom. The van der Waals surface area contributed by atoms with Gasteiger partial charge in [0, 0.05) is 17.6 Å². The van der Waals surface area contributed by atoms with E-state index in [9.17, 15) is 4.79 Å². The van der Waals surface area contributed by atoms with E-state index in [4.69, 9.17) is 0 Å². The molecule has 0 bridgehead atoms. The van der Waals surface area contributed by atoms with Gasteiger partial charge in [0.15, 0.2) is 0 Å². The van der Waals surface area contributed by atoms with Gasteiger partial charge in [-0.05, 0) is 23.9 Å². The van der Waals surface area contributed by atoms with Crippen molar-refractivity contribution in [2.24, 2.45) is 0 Å². The van der Waals surface area contributed by atoms with Crippen LogP contribution in [0, 0.1) is 0 Å². The van der Waals surface area contributed by atoms with Gasteiger partial charge in [0.05, 0.1) is 11.7 Å². The lowest BCUT2D eigenvalue weighted by atomic mass is 10.3. The molecule has 0 saturated carbocycles. The van der Waals surface area contributed by atoms with Crippen molar-refractivity contribution in [3.63, 3.8) is 0 Å². The Hall–Kier alpha value is -1.88. The minimum Gasteiger partial charge on any atom is -0.346 e. The first-order valence-corrected chi connectivity index (χ1v) is 6.27. The highest BCUT2D eigenvalue weighted by Crippen LogP contribution is 2.10. The topological polar surface area (TPSA) is 50.7 Å². The highest BCUT2D eigenvalue weighted by atomic mass is 32.1. The lowest BCUT2D eigenvalue weighted by Gasteiger charge is -2.03. The number of aromatic nitrogens is 3. The van der Waals surface area contributed by atoms with Gasteiger partial charge in [0.2, 0.25) is 0 Å². The maximum absolute atomic E-state index is 12.1. The van der Waals surface area contributed by atoms with Crippen molar-refractivity contribution in [1.82, 2.24) is 14.5 Å². The molecular formula is C12H11N3OS. The molecule has 0 fully saturated rings. The summed E-state index contributed by atoms with van der Waals surface area (Å²) in [5.74, 6) is 0. The fraction of sp³-hybridized carbons (Fsp3) is 0.167. The summed E-state index contributed by atoms with van der Waals surface area (Å²) in [5, 5.41) is 2.70. The number of H-pyrrole nitrogens is 1. The van der Waals surface area contributed by atoms with Gasteiger partial charge in [-0.15, -0.1) is 11.3 Å². The van der Waals surface area contributed by atoms with Crippen LogP contribution >= 0.6 is 11.3 Å². The molecule has 86 valence electrons. The first-order valence-electron chi connectivity index (χ1n) is 5.39. The van der Waals surface area contributed by atoms with E-state index in [-0.39, 0.29) is 5.56 Å². The Bertz CT molecular complexity index is 681. The van der Waals surface area contributed by atoms with Crippen molar-refractivity contribution in [3.8, 4) is 0 Å². The summed E-state index contributed by atoms with van der Waals surface area (Å²) < 4.78 is 1.66. The van der Waals surface area contributed by atoms with Crippen molar-refractivity contribution in [3.05, 3.63) is 51.3 Å². The largest absolute Gasteiger partial charge is 0.346 e. The van der Waals surface area contributed by atoms with Crippen molar-refractivity contribution in [1.29, 1.82) is 0 Å². The monoisotopic (exact) mass is 245 g/mol. The van der Waals surface area contributed by atoms with E-state index >= 15 is 0 Å².